The summed E-state index contributed by atoms with van der Waals surface area (Å²) in [6.07, 6.45) is -1.14. The highest BCUT2D eigenvalue weighted by Gasteiger charge is 2.33. The number of rotatable bonds is 5. The zero-order chi connectivity index (χ0) is 19.4. The Kier molecular flexibility index (Phi) is 5.55. The van der Waals surface area contributed by atoms with Crippen LogP contribution in [0.25, 0.3) is 5.69 Å². The molecule has 8 heteroatoms. The van der Waals surface area contributed by atoms with Crippen LogP contribution < -0.4 is 5.32 Å². The van der Waals surface area contributed by atoms with Gasteiger partial charge in [0.2, 0.25) is 5.91 Å². The van der Waals surface area contributed by atoms with Crippen molar-refractivity contribution in [2.45, 2.75) is 18.3 Å². The molecule has 2 aromatic carbocycles. The summed E-state index contributed by atoms with van der Waals surface area (Å²) in [7, 11) is 0. The quantitative estimate of drug-likeness (QED) is 0.628. The number of nitrogens with zero attached hydrogens (tertiary/aromatic N) is 2. The molecule has 140 valence electrons. The Hall–Kier alpha value is -2.74. The Bertz CT molecular complexity index is 953. The first-order valence-electron chi connectivity index (χ1n) is 8.04. The molecule has 0 saturated carbocycles. The molecule has 0 aliphatic carbocycles. The Labute approximate surface area is 158 Å². The number of carbonyl (C=O) groups is 1. The Morgan fingerprint density at radius 3 is 2.70 bits per heavy atom. The summed E-state index contributed by atoms with van der Waals surface area (Å²) in [6, 6.07) is 12.7. The van der Waals surface area contributed by atoms with Gasteiger partial charge in [-0.3, -0.25) is 9.36 Å². The number of nitrogens with one attached hydrogen (secondary N) is 1. The van der Waals surface area contributed by atoms with E-state index in [-0.39, 0.29) is 11.4 Å². The van der Waals surface area contributed by atoms with Crippen molar-refractivity contribution in [3.8, 4) is 5.69 Å². The van der Waals surface area contributed by atoms with Crippen LogP contribution in [0.4, 0.5) is 18.9 Å². The lowest BCUT2D eigenvalue weighted by Crippen LogP contribution is -2.18. The lowest BCUT2D eigenvalue weighted by atomic mass is 10.1. The first-order valence-corrected chi connectivity index (χ1v) is 9.02. The van der Waals surface area contributed by atoms with E-state index in [1.165, 1.54) is 18.2 Å². The molecule has 4 nitrogen and oxygen atoms in total. The van der Waals surface area contributed by atoms with E-state index in [2.05, 4.69) is 10.3 Å². The predicted molar refractivity (Wildman–Crippen MR) is 99.1 cm³/mol. The van der Waals surface area contributed by atoms with E-state index in [0.29, 0.717) is 5.16 Å². The summed E-state index contributed by atoms with van der Waals surface area (Å²) in [5.74, 6) is -0.592. The van der Waals surface area contributed by atoms with Crippen molar-refractivity contribution in [2.24, 2.45) is 0 Å². The van der Waals surface area contributed by atoms with Gasteiger partial charge in [-0.1, -0.05) is 36.0 Å². The number of para-hydroxylation sites is 1. The van der Waals surface area contributed by atoms with Crippen molar-refractivity contribution in [3.63, 3.8) is 0 Å². The van der Waals surface area contributed by atoms with Gasteiger partial charge in [-0.05, 0) is 36.8 Å². The Morgan fingerprint density at radius 1 is 1.19 bits per heavy atom. The molecule has 0 radical (unpaired) electrons. The largest absolute Gasteiger partial charge is 0.418 e. The summed E-state index contributed by atoms with van der Waals surface area (Å²) in [4.78, 5) is 16.4. The number of aryl methyl sites for hydroxylation is 1. The third-order valence-corrected chi connectivity index (χ3v) is 4.69. The van der Waals surface area contributed by atoms with Crippen molar-refractivity contribution < 1.29 is 18.0 Å². The minimum absolute atomic E-state index is 0.0605. The van der Waals surface area contributed by atoms with Crippen LogP contribution in [0.3, 0.4) is 0 Å². The maximum atomic E-state index is 13.0. The van der Waals surface area contributed by atoms with Crippen LogP contribution in [-0.2, 0) is 11.0 Å². The second kappa shape index (κ2) is 7.87. The molecule has 0 aliphatic heterocycles. The molecule has 3 aromatic rings. The van der Waals surface area contributed by atoms with Gasteiger partial charge >= 0.3 is 6.18 Å². The van der Waals surface area contributed by atoms with Gasteiger partial charge in [0.05, 0.1) is 17.0 Å². The third kappa shape index (κ3) is 4.71. The number of alkyl halides is 3. The van der Waals surface area contributed by atoms with Gasteiger partial charge in [0.1, 0.15) is 0 Å². The number of hydrogen-bond acceptors (Lipinski definition) is 3. The van der Waals surface area contributed by atoms with Gasteiger partial charge in [-0.25, -0.2) is 4.98 Å². The number of hydrogen-bond donors (Lipinski definition) is 1. The fourth-order valence-electron chi connectivity index (χ4n) is 2.53. The minimum atomic E-state index is -4.53. The second-order valence-corrected chi connectivity index (χ2v) is 6.74. The van der Waals surface area contributed by atoms with Crippen LogP contribution in [0.2, 0.25) is 0 Å². The lowest BCUT2D eigenvalue weighted by molar-refractivity contribution is -0.137. The first-order chi connectivity index (χ1) is 12.8. The second-order valence-electron chi connectivity index (χ2n) is 5.80. The van der Waals surface area contributed by atoms with Crippen LogP contribution in [0.1, 0.15) is 11.1 Å². The van der Waals surface area contributed by atoms with Crippen molar-refractivity contribution in [1.82, 2.24) is 9.55 Å². The maximum absolute atomic E-state index is 13.0. The van der Waals surface area contributed by atoms with Crippen LogP contribution in [-0.4, -0.2) is 21.2 Å². The average Bonchev–Trinajstić information content (AvgIpc) is 3.08. The predicted octanol–water partition coefficient (Wildman–Crippen LogP) is 4.93. The van der Waals surface area contributed by atoms with Gasteiger partial charge in [-0.15, -0.1) is 0 Å². The Balaban J connectivity index is 1.69. The van der Waals surface area contributed by atoms with Crippen LogP contribution in [0.15, 0.2) is 66.1 Å². The summed E-state index contributed by atoms with van der Waals surface area (Å²) >= 11 is 1.15. The molecule has 1 amide bonds. The van der Waals surface area contributed by atoms with Crippen molar-refractivity contribution in [1.29, 1.82) is 0 Å². The molecular formula is C19H16F3N3OS. The normalized spacial score (nSPS) is 11.4. The van der Waals surface area contributed by atoms with Gasteiger partial charge < -0.3 is 5.32 Å². The SMILES string of the molecule is Cc1cccc(-n2ccnc2SCC(=O)Nc2ccccc2C(F)(F)F)c1. The molecular weight excluding hydrogens is 375 g/mol. The van der Waals surface area contributed by atoms with Crippen molar-refractivity contribution in [3.05, 3.63) is 72.1 Å². The van der Waals surface area contributed by atoms with Crippen molar-refractivity contribution in [2.75, 3.05) is 11.1 Å². The smallest absolute Gasteiger partial charge is 0.325 e. The fraction of sp³-hybridized carbons (Fsp3) is 0.158. The number of carbonyl (C=O) groups excluding carboxylic acids is 1. The molecule has 27 heavy (non-hydrogen) atoms. The molecule has 1 N–H and O–H groups in total. The molecule has 0 saturated heterocycles. The van der Waals surface area contributed by atoms with Crippen LogP contribution in [0.5, 0.6) is 0 Å². The number of aromatic nitrogens is 2. The first kappa shape index (κ1) is 19.0. The summed E-state index contributed by atoms with van der Waals surface area (Å²) in [6.45, 7) is 1.97. The molecule has 0 spiro atoms. The van der Waals surface area contributed by atoms with Gasteiger partial charge in [0.15, 0.2) is 5.16 Å². The summed E-state index contributed by atoms with van der Waals surface area (Å²) < 4.78 is 40.9. The van der Waals surface area contributed by atoms with Gasteiger partial charge in [-0.2, -0.15) is 13.2 Å². The molecule has 0 atom stereocenters. The highest BCUT2D eigenvalue weighted by Crippen LogP contribution is 2.34. The number of anilines is 1. The highest BCUT2D eigenvalue weighted by molar-refractivity contribution is 7.99. The molecule has 3 rings (SSSR count). The molecule has 1 heterocycles. The van der Waals surface area contributed by atoms with Crippen LogP contribution in [0, 0.1) is 6.92 Å². The number of imidazole rings is 1. The molecule has 0 fully saturated rings. The van der Waals surface area contributed by atoms with E-state index in [9.17, 15) is 18.0 Å². The standard InChI is InChI=1S/C19H16F3N3OS/c1-13-5-4-6-14(11-13)25-10-9-23-18(25)27-12-17(26)24-16-8-3-2-7-15(16)19(20,21)22/h2-11H,12H2,1H3,(H,24,26). The van der Waals surface area contributed by atoms with E-state index in [4.69, 9.17) is 0 Å². The van der Waals surface area contributed by atoms with E-state index >= 15 is 0 Å². The van der Waals surface area contributed by atoms with Crippen molar-refractivity contribution >= 4 is 23.4 Å². The van der Waals surface area contributed by atoms with E-state index in [1.807, 2.05) is 35.8 Å². The molecule has 0 bridgehead atoms. The number of amides is 1. The van der Waals surface area contributed by atoms with Gasteiger partial charge in [0, 0.05) is 18.1 Å². The lowest BCUT2D eigenvalue weighted by Gasteiger charge is -2.13. The van der Waals surface area contributed by atoms with Crippen LogP contribution >= 0.6 is 11.8 Å². The highest BCUT2D eigenvalue weighted by atomic mass is 32.2. The monoisotopic (exact) mass is 391 g/mol. The maximum Gasteiger partial charge on any atom is 0.418 e. The average molecular weight is 391 g/mol. The number of thioether (sulfide) groups is 1. The number of benzene rings is 2. The number of halogens is 3. The summed E-state index contributed by atoms with van der Waals surface area (Å²) in [5.41, 5.74) is 0.860. The molecule has 0 aliphatic rings. The van der Waals surface area contributed by atoms with E-state index < -0.39 is 17.6 Å². The van der Waals surface area contributed by atoms with E-state index in [1.54, 1.807) is 12.4 Å². The zero-order valence-electron chi connectivity index (χ0n) is 14.3. The zero-order valence-corrected chi connectivity index (χ0v) is 15.1. The topological polar surface area (TPSA) is 46.9 Å². The van der Waals surface area contributed by atoms with E-state index in [0.717, 1.165) is 29.1 Å². The minimum Gasteiger partial charge on any atom is -0.325 e. The molecule has 1 aromatic heterocycles. The third-order valence-electron chi connectivity index (χ3n) is 3.73. The summed E-state index contributed by atoms with van der Waals surface area (Å²) in [5, 5.41) is 2.91. The fourth-order valence-corrected chi connectivity index (χ4v) is 3.30. The molecule has 0 unspecified atom stereocenters. The Morgan fingerprint density at radius 2 is 1.96 bits per heavy atom. The van der Waals surface area contributed by atoms with Gasteiger partial charge in [0.25, 0.3) is 0 Å².